The zero-order valence-corrected chi connectivity index (χ0v) is 16.1. The van der Waals surface area contributed by atoms with Crippen LogP contribution >= 0.6 is 0 Å². The number of piperidine rings is 1. The number of sulfonamides is 1. The molecule has 1 aromatic rings. The topological polar surface area (TPSA) is 66.5 Å². The molecule has 9 heteroatoms. The Morgan fingerprint density at radius 1 is 1.30 bits per heavy atom. The molecule has 0 saturated carbocycles. The van der Waals surface area contributed by atoms with Gasteiger partial charge in [-0.15, -0.1) is 0 Å². The molecule has 0 aromatic heterocycles. The molecular weight excluding hydrogens is 381 g/mol. The van der Waals surface area contributed by atoms with Crippen molar-refractivity contribution in [3.8, 4) is 0 Å². The van der Waals surface area contributed by atoms with Crippen LogP contribution in [-0.2, 0) is 27.4 Å². The molecule has 1 heterocycles. The third-order valence-electron chi connectivity index (χ3n) is 4.63. The quantitative estimate of drug-likeness (QED) is 0.757. The smallest absolute Gasteiger partial charge is 0.355 e. The van der Waals surface area contributed by atoms with E-state index >= 15 is 0 Å². The van der Waals surface area contributed by atoms with E-state index in [0.29, 0.717) is 25.8 Å². The van der Waals surface area contributed by atoms with Crippen LogP contribution in [0.4, 0.5) is 13.2 Å². The molecule has 0 aliphatic carbocycles. The number of rotatable bonds is 7. The maximum atomic E-state index is 13.0. The van der Waals surface area contributed by atoms with Gasteiger partial charge in [0, 0.05) is 19.6 Å². The number of nitrogens with one attached hydrogen (secondary N) is 1. The molecule has 1 unspecified atom stereocenters. The standard InChI is InChI=1S/C18H25F3N2O3S/c1-2-12-27(25,26)23-11-5-7-15(13-23)17(24)22-10-9-14-6-3-4-8-16(14)18(19,20)21/h3-4,6,8,15H,2,5,7,9-13H2,1H3,(H,22,24). The van der Waals surface area contributed by atoms with E-state index < -0.39 is 27.7 Å². The molecule has 1 aliphatic heterocycles. The van der Waals surface area contributed by atoms with Gasteiger partial charge in [-0.1, -0.05) is 25.1 Å². The Morgan fingerprint density at radius 2 is 2.00 bits per heavy atom. The zero-order chi connectivity index (χ0) is 20.1. The molecule has 2 rings (SSSR count). The average Bonchev–Trinajstić information content (AvgIpc) is 2.61. The summed E-state index contributed by atoms with van der Waals surface area (Å²) in [6.07, 6.45) is -2.69. The first kappa shape index (κ1) is 21.7. The SMILES string of the molecule is CCCS(=O)(=O)N1CCCC(C(=O)NCCc2ccccc2C(F)(F)F)C1. The van der Waals surface area contributed by atoms with Crippen molar-refractivity contribution in [1.29, 1.82) is 0 Å². The number of benzene rings is 1. The zero-order valence-electron chi connectivity index (χ0n) is 15.3. The first-order valence-corrected chi connectivity index (χ1v) is 10.7. The molecule has 1 aliphatic rings. The van der Waals surface area contributed by atoms with Gasteiger partial charge in [-0.25, -0.2) is 12.7 Å². The number of alkyl halides is 3. The molecule has 152 valence electrons. The number of nitrogens with zero attached hydrogens (tertiary/aromatic N) is 1. The highest BCUT2D eigenvalue weighted by Gasteiger charge is 2.33. The summed E-state index contributed by atoms with van der Waals surface area (Å²) in [5.41, 5.74) is -0.574. The second-order valence-electron chi connectivity index (χ2n) is 6.71. The van der Waals surface area contributed by atoms with Crippen LogP contribution in [0.3, 0.4) is 0 Å². The lowest BCUT2D eigenvalue weighted by atomic mass is 9.98. The molecule has 0 spiro atoms. The van der Waals surface area contributed by atoms with Crippen molar-refractivity contribution < 1.29 is 26.4 Å². The number of hydrogen-bond acceptors (Lipinski definition) is 3. The lowest BCUT2D eigenvalue weighted by molar-refractivity contribution is -0.138. The number of carbonyl (C=O) groups is 1. The second kappa shape index (κ2) is 9.05. The van der Waals surface area contributed by atoms with Gasteiger partial charge in [0.25, 0.3) is 0 Å². The molecule has 1 saturated heterocycles. The molecule has 1 fully saturated rings. The fourth-order valence-corrected chi connectivity index (χ4v) is 4.86. The van der Waals surface area contributed by atoms with E-state index in [9.17, 15) is 26.4 Å². The van der Waals surface area contributed by atoms with Gasteiger partial charge in [-0.3, -0.25) is 4.79 Å². The summed E-state index contributed by atoms with van der Waals surface area (Å²) in [5, 5.41) is 2.66. The summed E-state index contributed by atoms with van der Waals surface area (Å²) in [7, 11) is -3.36. The largest absolute Gasteiger partial charge is 0.416 e. The van der Waals surface area contributed by atoms with Crippen LogP contribution in [0.15, 0.2) is 24.3 Å². The normalized spacial score (nSPS) is 19.0. The van der Waals surface area contributed by atoms with Crippen molar-refractivity contribution in [2.24, 2.45) is 5.92 Å². The fraction of sp³-hybridized carbons (Fsp3) is 0.611. The van der Waals surface area contributed by atoms with Crippen molar-refractivity contribution >= 4 is 15.9 Å². The molecule has 1 N–H and O–H groups in total. The Kier molecular flexibility index (Phi) is 7.27. The van der Waals surface area contributed by atoms with Crippen molar-refractivity contribution in [2.75, 3.05) is 25.4 Å². The molecule has 1 atom stereocenters. The summed E-state index contributed by atoms with van der Waals surface area (Å²) in [6, 6.07) is 5.28. The van der Waals surface area contributed by atoms with Crippen LogP contribution in [0, 0.1) is 5.92 Å². The van der Waals surface area contributed by atoms with Crippen molar-refractivity contribution in [3.05, 3.63) is 35.4 Å². The predicted molar refractivity (Wildman–Crippen MR) is 96.5 cm³/mol. The lowest BCUT2D eigenvalue weighted by Crippen LogP contribution is -2.46. The Labute approximate surface area is 158 Å². The third kappa shape index (κ3) is 5.93. The average molecular weight is 406 g/mol. The monoisotopic (exact) mass is 406 g/mol. The minimum atomic E-state index is -4.43. The summed E-state index contributed by atoms with van der Waals surface area (Å²) in [5.74, 6) is -0.727. The van der Waals surface area contributed by atoms with Crippen LogP contribution in [0.5, 0.6) is 0 Å². The summed E-state index contributed by atoms with van der Waals surface area (Å²) >= 11 is 0. The van der Waals surface area contributed by atoms with E-state index in [0.717, 1.165) is 6.07 Å². The van der Waals surface area contributed by atoms with Crippen LogP contribution in [0.25, 0.3) is 0 Å². The van der Waals surface area contributed by atoms with Crippen molar-refractivity contribution in [3.63, 3.8) is 0 Å². The van der Waals surface area contributed by atoms with E-state index in [1.165, 1.54) is 22.5 Å². The van der Waals surface area contributed by atoms with Gasteiger partial charge in [0.05, 0.1) is 17.2 Å². The number of hydrogen-bond donors (Lipinski definition) is 1. The van der Waals surface area contributed by atoms with E-state index in [1.807, 2.05) is 0 Å². The van der Waals surface area contributed by atoms with E-state index in [1.54, 1.807) is 6.92 Å². The van der Waals surface area contributed by atoms with Gasteiger partial charge < -0.3 is 5.32 Å². The second-order valence-corrected chi connectivity index (χ2v) is 8.80. The van der Waals surface area contributed by atoms with E-state index in [2.05, 4.69) is 5.32 Å². The van der Waals surface area contributed by atoms with Gasteiger partial charge in [0.2, 0.25) is 15.9 Å². The number of halogens is 3. The molecular formula is C18H25F3N2O3S. The van der Waals surface area contributed by atoms with Crippen LogP contribution in [0.2, 0.25) is 0 Å². The maximum absolute atomic E-state index is 13.0. The first-order valence-electron chi connectivity index (χ1n) is 9.05. The number of carbonyl (C=O) groups excluding carboxylic acids is 1. The summed E-state index contributed by atoms with van der Waals surface area (Å²) < 4.78 is 64.7. The minimum Gasteiger partial charge on any atom is -0.355 e. The Bertz CT molecular complexity index is 750. The molecule has 27 heavy (non-hydrogen) atoms. The highest BCUT2D eigenvalue weighted by atomic mass is 32.2. The first-order chi connectivity index (χ1) is 12.6. The van der Waals surface area contributed by atoms with Gasteiger partial charge in [-0.2, -0.15) is 13.2 Å². The third-order valence-corrected chi connectivity index (χ3v) is 6.67. The lowest BCUT2D eigenvalue weighted by Gasteiger charge is -2.31. The summed E-state index contributed by atoms with van der Waals surface area (Å²) in [6.45, 7) is 2.40. The minimum absolute atomic E-state index is 0.0512. The molecule has 1 amide bonds. The Morgan fingerprint density at radius 3 is 2.67 bits per heavy atom. The molecule has 0 bridgehead atoms. The summed E-state index contributed by atoms with van der Waals surface area (Å²) in [4.78, 5) is 12.3. The Hall–Kier alpha value is -1.61. The molecule has 0 radical (unpaired) electrons. The van der Waals surface area contributed by atoms with Gasteiger partial charge in [0.15, 0.2) is 0 Å². The van der Waals surface area contributed by atoms with Crippen LogP contribution in [-0.4, -0.2) is 44.0 Å². The van der Waals surface area contributed by atoms with E-state index in [-0.39, 0.29) is 36.7 Å². The van der Waals surface area contributed by atoms with Crippen LogP contribution in [0.1, 0.15) is 37.3 Å². The van der Waals surface area contributed by atoms with Crippen LogP contribution < -0.4 is 5.32 Å². The van der Waals surface area contributed by atoms with Gasteiger partial charge in [-0.05, 0) is 37.3 Å². The molecule has 1 aromatic carbocycles. The highest BCUT2D eigenvalue weighted by molar-refractivity contribution is 7.89. The highest BCUT2D eigenvalue weighted by Crippen LogP contribution is 2.31. The maximum Gasteiger partial charge on any atom is 0.416 e. The Balaban J connectivity index is 1.91. The molecule has 5 nitrogen and oxygen atoms in total. The van der Waals surface area contributed by atoms with Crippen molar-refractivity contribution in [1.82, 2.24) is 9.62 Å². The fourth-order valence-electron chi connectivity index (χ4n) is 3.28. The van der Waals surface area contributed by atoms with Gasteiger partial charge in [0.1, 0.15) is 0 Å². The van der Waals surface area contributed by atoms with Crippen molar-refractivity contribution in [2.45, 2.75) is 38.8 Å². The van der Waals surface area contributed by atoms with Gasteiger partial charge >= 0.3 is 6.18 Å². The number of amides is 1. The predicted octanol–water partition coefficient (Wildman–Crippen LogP) is 2.82. The van der Waals surface area contributed by atoms with E-state index in [4.69, 9.17) is 0 Å².